The molecule has 0 aromatic carbocycles. The van der Waals surface area contributed by atoms with Crippen LogP contribution in [-0.4, -0.2) is 22.3 Å². The van der Waals surface area contributed by atoms with Crippen LogP contribution in [-0.2, 0) is 11.9 Å². The smallest absolute Gasteiger partial charge is 0.281 e. The normalized spacial score (nSPS) is 10.2. The van der Waals surface area contributed by atoms with E-state index in [4.69, 9.17) is 28.7 Å². The predicted octanol–water partition coefficient (Wildman–Crippen LogP) is 1.97. The Morgan fingerprint density at radius 1 is 1.75 bits per heavy atom. The average molecular weight is 262 g/mol. The van der Waals surface area contributed by atoms with Crippen LogP contribution in [0.25, 0.3) is 0 Å². The summed E-state index contributed by atoms with van der Waals surface area (Å²) in [6, 6.07) is 0. The van der Waals surface area contributed by atoms with Gasteiger partial charge in [-0.05, 0) is 6.92 Å². The Balaban J connectivity index is 2.74. The number of hydroxylamine groups is 1. The summed E-state index contributed by atoms with van der Waals surface area (Å²) in [4.78, 5) is 16.5. The topological polar surface area (TPSA) is 59.0 Å². The van der Waals surface area contributed by atoms with Gasteiger partial charge >= 0.3 is 0 Å². The van der Waals surface area contributed by atoms with E-state index < -0.39 is 5.91 Å². The van der Waals surface area contributed by atoms with E-state index in [9.17, 15) is 4.79 Å². The van der Waals surface area contributed by atoms with Crippen molar-refractivity contribution in [3.05, 3.63) is 27.5 Å². The maximum Gasteiger partial charge on any atom is 0.281 e. The van der Waals surface area contributed by atoms with Crippen LogP contribution in [0.15, 0.2) is 12.2 Å². The number of carbonyl (C=O) groups excluding carboxylic acids is 1. The lowest BCUT2D eigenvalue weighted by atomic mass is 10.3. The Hall–Kier alpha value is -1.11. The quantitative estimate of drug-likeness (QED) is 0.495. The lowest BCUT2D eigenvalue weighted by Gasteiger charge is -2.03. The fourth-order valence-electron chi connectivity index (χ4n) is 0.988. The predicted molar refractivity (Wildman–Crippen MR) is 63.8 cm³/mol. The van der Waals surface area contributed by atoms with Crippen LogP contribution in [0.2, 0.25) is 5.15 Å². The zero-order valence-electron chi connectivity index (χ0n) is 8.96. The van der Waals surface area contributed by atoms with Gasteiger partial charge in [-0.15, -0.1) is 0 Å². The summed E-state index contributed by atoms with van der Waals surface area (Å²) in [6.45, 7) is 5.66. The van der Waals surface area contributed by atoms with Gasteiger partial charge in [0.05, 0.1) is 6.61 Å². The Bertz CT molecular complexity index is 478. The standard InChI is InChI=1S/C9H12ClN3O2S/c1-5(2)4-15-12-8(14)6-7(10)11-13(3)9(6)16/h11H,1,4H2,2-3H3,(H,12,14). The molecule has 0 fully saturated rings. The summed E-state index contributed by atoms with van der Waals surface area (Å²) in [5.41, 5.74) is 3.23. The molecule has 1 aromatic rings. The van der Waals surface area contributed by atoms with Gasteiger partial charge in [0, 0.05) is 7.05 Å². The third-order valence-electron chi connectivity index (χ3n) is 1.71. The van der Waals surface area contributed by atoms with Crippen molar-refractivity contribution in [2.24, 2.45) is 7.05 Å². The van der Waals surface area contributed by atoms with Crippen molar-refractivity contribution >= 4 is 29.7 Å². The van der Waals surface area contributed by atoms with Crippen molar-refractivity contribution in [1.82, 2.24) is 15.3 Å². The molecule has 16 heavy (non-hydrogen) atoms. The highest BCUT2D eigenvalue weighted by Gasteiger charge is 2.16. The summed E-state index contributed by atoms with van der Waals surface area (Å²) < 4.78 is 1.80. The fraction of sp³-hybridized carbons (Fsp3) is 0.333. The van der Waals surface area contributed by atoms with Gasteiger partial charge in [-0.25, -0.2) is 5.48 Å². The molecule has 1 aromatic heterocycles. The SMILES string of the molecule is C=C(C)CONC(=O)c1c(Cl)[nH]n(C)c1=S. The third-order valence-corrected chi connectivity index (χ3v) is 2.47. The first kappa shape index (κ1) is 13.0. The monoisotopic (exact) mass is 261 g/mol. The van der Waals surface area contributed by atoms with Crippen LogP contribution in [0.5, 0.6) is 0 Å². The molecule has 0 radical (unpaired) electrons. The van der Waals surface area contributed by atoms with Gasteiger partial charge in [0.25, 0.3) is 5.91 Å². The minimum absolute atomic E-state index is 0.184. The molecule has 88 valence electrons. The van der Waals surface area contributed by atoms with Crippen LogP contribution in [0, 0.1) is 4.64 Å². The summed E-state index contributed by atoms with van der Waals surface area (Å²) in [5, 5.41) is 2.88. The maximum absolute atomic E-state index is 11.6. The first-order valence-corrected chi connectivity index (χ1v) is 5.23. The van der Waals surface area contributed by atoms with Crippen LogP contribution in [0.3, 0.4) is 0 Å². The van der Waals surface area contributed by atoms with Gasteiger partial charge in [-0.3, -0.25) is 19.4 Å². The molecular formula is C9H12ClN3O2S. The number of halogens is 1. The van der Waals surface area contributed by atoms with Crippen LogP contribution in [0.4, 0.5) is 0 Å². The van der Waals surface area contributed by atoms with E-state index in [1.807, 2.05) is 0 Å². The van der Waals surface area contributed by atoms with E-state index in [0.717, 1.165) is 5.57 Å². The molecule has 0 atom stereocenters. The second-order valence-electron chi connectivity index (χ2n) is 3.34. The molecule has 0 saturated heterocycles. The fourth-order valence-corrected chi connectivity index (χ4v) is 1.59. The molecular weight excluding hydrogens is 250 g/mol. The largest absolute Gasteiger partial charge is 0.286 e. The summed E-state index contributed by atoms with van der Waals surface area (Å²) in [5.74, 6) is -0.479. The lowest BCUT2D eigenvalue weighted by molar-refractivity contribution is 0.0400. The van der Waals surface area contributed by atoms with Gasteiger partial charge in [0.1, 0.15) is 15.4 Å². The van der Waals surface area contributed by atoms with Gasteiger partial charge in [0.2, 0.25) is 0 Å². The van der Waals surface area contributed by atoms with Crippen LogP contribution in [0.1, 0.15) is 17.3 Å². The third kappa shape index (κ3) is 2.94. The van der Waals surface area contributed by atoms with Crippen molar-refractivity contribution in [3.8, 4) is 0 Å². The molecule has 0 aliphatic carbocycles. The molecule has 0 unspecified atom stereocenters. The number of aromatic amines is 1. The number of amides is 1. The minimum atomic E-state index is -0.479. The summed E-state index contributed by atoms with van der Waals surface area (Å²) >= 11 is 10.8. The molecule has 0 bridgehead atoms. The summed E-state index contributed by atoms with van der Waals surface area (Å²) in [6.07, 6.45) is 0. The first-order valence-electron chi connectivity index (χ1n) is 4.44. The molecule has 0 saturated carbocycles. The molecule has 5 nitrogen and oxygen atoms in total. The van der Waals surface area contributed by atoms with Gasteiger partial charge in [-0.1, -0.05) is 36.0 Å². The van der Waals surface area contributed by atoms with Crippen molar-refractivity contribution in [2.45, 2.75) is 6.92 Å². The summed E-state index contributed by atoms with van der Waals surface area (Å²) in [7, 11) is 1.67. The molecule has 0 aliphatic heterocycles. The van der Waals surface area contributed by atoms with Gasteiger partial charge in [0.15, 0.2) is 0 Å². The Kier molecular flexibility index (Phi) is 4.28. The molecule has 7 heteroatoms. The van der Waals surface area contributed by atoms with Crippen molar-refractivity contribution in [3.63, 3.8) is 0 Å². The van der Waals surface area contributed by atoms with E-state index in [0.29, 0.717) is 4.64 Å². The zero-order chi connectivity index (χ0) is 12.3. The lowest BCUT2D eigenvalue weighted by Crippen LogP contribution is -2.24. The zero-order valence-corrected chi connectivity index (χ0v) is 10.5. The molecule has 2 N–H and O–H groups in total. The minimum Gasteiger partial charge on any atom is -0.286 e. The number of hydrogen-bond donors (Lipinski definition) is 2. The Labute approximate surface area is 103 Å². The molecule has 1 amide bonds. The number of H-pyrrole nitrogens is 1. The number of aryl methyl sites for hydroxylation is 1. The van der Waals surface area contributed by atoms with E-state index in [-0.39, 0.29) is 17.3 Å². The van der Waals surface area contributed by atoms with Crippen molar-refractivity contribution < 1.29 is 9.63 Å². The number of hydrogen-bond acceptors (Lipinski definition) is 3. The van der Waals surface area contributed by atoms with Crippen LogP contribution < -0.4 is 5.48 Å². The Morgan fingerprint density at radius 2 is 2.38 bits per heavy atom. The maximum atomic E-state index is 11.6. The number of nitrogens with one attached hydrogen (secondary N) is 2. The first-order chi connectivity index (χ1) is 7.43. The number of aromatic nitrogens is 2. The highest BCUT2D eigenvalue weighted by atomic mass is 35.5. The van der Waals surface area contributed by atoms with Crippen LogP contribution >= 0.6 is 23.8 Å². The average Bonchev–Trinajstić information content (AvgIpc) is 2.40. The highest BCUT2D eigenvalue weighted by molar-refractivity contribution is 7.71. The van der Waals surface area contributed by atoms with E-state index >= 15 is 0 Å². The van der Waals surface area contributed by atoms with E-state index in [2.05, 4.69) is 17.2 Å². The number of rotatable bonds is 4. The number of nitrogens with zero attached hydrogens (tertiary/aromatic N) is 1. The second-order valence-corrected chi connectivity index (χ2v) is 4.11. The molecule has 1 rings (SSSR count). The van der Waals surface area contributed by atoms with E-state index in [1.165, 1.54) is 4.68 Å². The van der Waals surface area contributed by atoms with E-state index in [1.54, 1.807) is 14.0 Å². The highest BCUT2D eigenvalue weighted by Crippen LogP contribution is 2.14. The molecule has 0 aliphatic rings. The molecule has 0 spiro atoms. The second kappa shape index (κ2) is 5.29. The number of carbonyl (C=O) groups is 1. The molecule has 1 heterocycles. The van der Waals surface area contributed by atoms with Crippen molar-refractivity contribution in [1.29, 1.82) is 0 Å². The van der Waals surface area contributed by atoms with Gasteiger partial charge in [-0.2, -0.15) is 0 Å². The van der Waals surface area contributed by atoms with Crippen molar-refractivity contribution in [2.75, 3.05) is 6.61 Å². The van der Waals surface area contributed by atoms with Gasteiger partial charge < -0.3 is 0 Å². The Morgan fingerprint density at radius 3 is 2.81 bits per heavy atom.